The first kappa shape index (κ1) is 8.05. The van der Waals surface area contributed by atoms with E-state index in [1.165, 1.54) is 5.39 Å². The summed E-state index contributed by atoms with van der Waals surface area (Å²) < 4.78 is 5.46. The average molecular weight is 174 g/mol. The Kier molecular flexibility index (Phi) is 2.13. The number of aromatic amines is 1. The first-order valence-electron chi connectivity index (χ1n) is 4.44. The highest BCUT2D eigenvalue weighted by molar-refractivity contribution is 5.85. The van der Waals surface area contributed by atoms with Crippen molar-refractivity contribution in [2.75, 3.05) is 6.61 Å². The van der Waals surface area contributed by atoms with E-state index in [0.717, 1.165) is 11.3 Å². The molecule has 2 aromatic rings. The van der Waals surface area contributed by atoms with E-state index in [1.807, 2.05) is 31.3 Å². The molecule has 0 saturated heterocycles. The van der Waals surface area contributed by atoms with Crippen molar-refractivity contribution in [2.24, 2.45) is 0 Å². The fourth-order valence-electron chi connectivity index (χ4n) is 1.40. The Labute approximate surface area is 77.2 Å². The maximum absolute atomic E-state index is 5.46. The van der Waals surface area contributed by atoms with Gasteiger partial charge in [-0.1, -0.05) is 18.2 Å². The average Bonchev–Trinajstić information content (AvgIpc) is 2.19. The summed E-state index contributed by atoms with van der Waals surface area (Å²) in [4.78, 5) is 3.09. The van der Waals surface area contributed by atoms with Crippen molar-refractivity contribution in [3.8, 4) is 5.88 Å². The number of H-pyrrole nitrogens is 1. The van der Waals surface area contributed by atoms with Crippen molar-refractivity contribution in [3.63, 3.8) is 0 Å². The molecular weight excluding hydrogens is 162 g/mol. The Balaban J connectivity index is 2.61. The SMILES string of the molecule is CCOc1[nH+]ccc2ccccc12. The van der Waals surface area contributed by atoms with E-state index in [-0.39, 0.29) is 0 Å². The van der Waals surface area contributed by atoms with Gasteiger partial charge in [-0.3, -0.25) is 0 Å². The van der Waals surface area contributed by atoms with E-state index in [0.29, 0.717) is 6.61 Å². The summed E-state index contributed by atoms with van der Waals surface area (Å²) in [6.07, 6.45) is 1.90. The number of pyridine rings is 1. The number of ether oxygens (including phenoxy) is 1. The number of hydrogen-bond donors (Lipinski definition) is 0. The van der Waals surface area contributed by atoms with Crippen LogP contribution in [0.3, 0.4) is 0 Å². The van der Waals surface area contributed by atoms with Crippen LogP contribution in [0.5, 0.6) is 5.88 Å². The maximum Gasteiger partial charge on any atom is 0.374 e. The van der Waals surface area contributed by atoms with E-state index in [2.05, 4.69) is 17.1 Å². The second kappa shape index (κ2) is 3.44. The predicted octanol–water partition coefficient (Wildman–Crippen LogP) is 2.05. The Morgan fingerprint density at radius 2 is 2.08 bits per heavy atom. The van der Waals surface area contributed by atoms with Crippen LogP contribution >= 0.6 is 0 Å². The molecule has 0 spiro atoms. The molecular formula is C11H12NO+. The van der Waals surface area contributed by atoms with Gasteiger partial charge in [0, 0.05) is 6.07 Å². The van der Waals surface area contributed by atoms with Gasteiger partial charge in [-0.05, 0) is 18.4 Å². The summed E-state index contributed by atoms with van der Waals surface area (Å²) in [5, 5.41) is 2.33. The van der Waals surface area contributed by atoms with E-state index < -0.39 is 0 Å². The van der Waals surface area contributed by atoms with Crippen molar-refractivity contribution in [2.45, 2.75) is 6.92 Å². The molecule has 2 rings (SSSR count). The van der Waals surface area contributed by atoms with Crippen molar-refractivity contribution in [1.82, 2.24) is 0 Å². The molecule has 0 fully saturated rings. The molecule has 0 saturated carbocycles. The van der Waals surface area contributed by atoms with Crippen LogP contribution in [0.4, 0.5) is 0 Å². The van der Waals surface area contributed by atoms with Crippen LogP contribution < -0.4 is 9.72 Å². The summed E-state index contributed by atoms with van der Waals surface area (Å²) in [6, 6.07) is 10.2. The molecule has 0 aliphatic heterocycles. The summed E-state index contributed by atoms with van der Waals surface area (Å²) in [5.41, 5.74) is 0. The molecule has 0 radical (unpaired) electrons. The minimum atomic E-state index is 0.685. The second-order valence-corrected chi connectivity index (χ2v) is 2.83. The highest BCUT2D eigenvalue weighted by atomic mass is 16.5. The molecule has 1 aromatic carbocycles. The summed E-state index contributed by atoms with van der Waals surface area (Å²) in [6.45, 7) is 2.67. The van der Waals surface area contributed by atoms with Gasteiger partial charge in [0.15, 0.2) is 6.20 Å². The zero-order valence-corrected chi connectivity index (χ0v) is 7.58. The van der Waals surface area contributed by atoms with Crippen LogP contribution in [0.25, 0.3) is 10.8 Å². The van der Waals surface area contributed by atoms with Gasteiger partial charge in [-0.15, -0.1) is 0 Å². The molecule has 2 heteroatoms. The van der Waals surface area contributed by atoms with Crippen molar-refractivity contribution in [1.29, 1.82) is 0 Å². The molecule has 1 N–H and O–H groups in total. The number of benzene rings is 1. The molecule has 0 unspecified atom stereocenters. The smallest absolute Gasteiger partial charge is 0.374 e. The van der Waals surface area contributed by atoms with E-state index in [4.69, 9.17) is 4.74 Å². The van der Waals surface area contributed by atoms with Crippen LogP contribution in [0.15, 0.2) is 36.5 Å². The van der Waals surface area contributed by atoms with E-state index >= 15 is 0 Å². The molecule has 0 bridgehead atoms. The zero-order chi connectivity index (χ0) is 9.10. The number of aromatic nitrogens is 1. The first-order chi connectivity index (χ1) is 6.42. The zero-order valence-electron chi connectivity index (χ0n) is 7.58. The molecule has 0 amide bonds. The highest BCUT2D eigenvalue weighted by Gasteiger charge is 2.06. The van der Waals surface area contributed by atoms with Gasteiger partial charge in [0.2, 0.25) is 0 Å². The number of rotatable bonds is 2. The minimum absolute atomic E-state index is 0.685. The number of hydrogen-bond acceptors (Lipinski definition) is 1. The molecule has 66 valence electrons. The molecule has 0 atom stereocenters. The largest absolute Gasteiger partial charge is 0.444 e. The van der Waals surface area contributed by atoms with Crippen molar-refractivity contribution in [3.05, 3.63) is 36.5 Å². The third-order valence-corrected chi connectivity index (χ3v) is 1.97. The normalized spacial score (nSPS) is 10.2. The van der Waals surface area contributed by atoms with Crippen molar-refractivity contribution >= 4 is 10.8 Å². The van der Waals surface area contributed by atoms with Gasteiger partial charge in [0.1, 0.15) is 0 Å². The lowest BCUT2D eigenvalue weighted by molar-refractivity contribution is -0.391. The van der Waals surface area contributed by atoms with Crippen LogP contribution in [0, 0.1) is 0 Å². The quantitative estimate of drug-likeness (QED) is 0.683. The Morgan fingerprint density at radius 1 is 1.23 bits per heavy atom. The number of nitrogens with one attached hydrogen (secondary N) is 1. The molecule has 1 heterocycles. The predicted molar refractivity (Wildman–Crippen MR) is 51.7 cm³/mol. The summed E-state index contributed by atoms with van der Waals surface area (Å²) in [5.74, 6) is 0.848. The highest BCUT2D eigenvalue weighted by Crippen LogP contribution is 2.19. The van der Waals surface area contributed by atoms with E-state index in [1.54, 1.807) is 0 Å². The fourth-order valence-corrected chi connectivity index (χ4v) is 1.40. The van der Waals surface area contributed by atoms with Gasteiger partial charge < -0.3 is 4.74 Å². The topological polar surface area (TPSA) is 23.4 Å². The van der Waals surface area contributed by atoms with Crippen LogP contribution in [-0.2, 0) is 0 Å². The molecule has 0 aliphatic rings. The molecule has 1 aromatic heterocycles. The molecule has 0 aliphatic carbocycles. The Bertz CT molecular complexity index is 406. The number of fused-ring (bicyclic) bond motifs is 1. The summed E-state index contributed by atoms with van der Waals surface area (Å²) >= 11 is 0. The molecule has 13 heavy (non-hydrogen) atoms. The van der Waals surface area contributed by atoms with Crippen LogP contribution in [0.1, 0.15) is 6.92 Å². The molecule has 2 nitrogen and oxygen atoms in total. The van der Waals surface area contributed by atoms with Crippen LogP contribution in [-0.4, -0.2) is 6.61 Å². The Morgan fingerprint density at radius 3 is 2.92 bits per heavy atom. The van der Waals surface area contributed by atoms with Gasteiger partial charge in [0.05, 0.1) is 12.0 Å². The van der Waals surface area contributed by atoms with Crippen molar-refractivity contribution < 1.29 is 9.72 Å². The maximum atomic E-state index is 5.46. The minimum Gasteiger partial charge on any atom is -0.444 e. The van der Waals surface area contributed by atoms with Gasteiger partial charge in [0.25, 0.3) is 0 Å². The first-order valence-corrected chi connectivity index (χ1v) is 4.44. The summed E-state index contributed by atoms with van der Waals surface area (Å²) in [7, 11) is 0. The third kappa shape index (κ3) is 1.47. The second-order valence-electron chi connectivity index (χ2n) is 2.83. The van der Waals surface area contributed by atoms with Gasteiger partial charge >= 0.3 is 5.88 Å². The monoisotopic (exact) mass is 174 g/mol. The van der Waals surface area contributed by atoms with Crippen LogP contribution in [0.2, 0.25) is 0 Å². The Hall–Kier alpha value is -1.57. The fraction of sp³-hybridized carbons (Fsp3) is 0.182. The van der Waals surface area contributed by atoms with E-state index in [9.17, 15) is 0 Å². The standard InChI is InChI=1S/C11H11NO/c1-2-13-11-10-6-4-3-5-9(10)7-8-12-11/h3-8H,2H2,1H3/p+1. The lowest BCUT2D eigenvalue weighted by Crippen LogP contribution is -2.08. The lowest BCUT2D eigenvalue weighted by atomic mass is 10.2. The third-order valence-electron chi connectivity index (χ3n) is 1.97. The van der Waals surface area contributed by atoms with Gasteiger partial charge in [-0.25, -0.2) is 0 Å². The van der Waals surface area contributed by atoms with Gasteiger partial charge in [-0.2, -0.15) is 4.98 Å². The lowest BCUT2D eigenvalue weighted by Gasteiger charge is -1.99.